The van der Waals surface area contributed by atoms with Crippen molar-refractivity contribution >= 4 is 17.4 Å². The summed E-state index contributed by atoms with van der Waals surface area (Å²) in [6.45, 7) is 4.03. The molecule has 1 heterocycles. The van der Waals surface area contributed by atoms with Crippen LogP contribution in [0.5, 0.6) is 17.2 Å². The number of carboxylic acids is 1. The molecule has 0 bridgehead atoms. The van der Waals surface area contributed by atoms with Crippen molar-refractivity contribution in [1.29, 1.82) is 0 Å². The van der Waals surface area contributed by atoms with E-state index in [9.17, 15) is 9.59 Å². The first-order chi connectivity index (χ1) is 16.3. The molecule has 0 aromatic heterocycles. The van der Waals surface area contributed by atoms with E-state index in [-0.39, 0.29) is 31.2 Å². The number of carbonyl (C=O) groups excluding carboxylic acids is 1. The molecule has 2 aromatic carbocycles. The lowest BCUT2D eigenvalue weighted by atomic mass is 9.95. The second kappa shape index (κ2) is 11.1. The lowest BCUT2D eigenvalue weighted by Crippen LogP contribution is -2.30. The quantitative estimate of drug-likeness (QED) is 0.515. The Balaban J connectivity index is 2.06. The average Bonchev–Trinajstić information content (AvgIpc) is 3.19. The predicted molar refractivity (Wildman–Crippen MR) is 130 cm³/mol. The fraction of sp³-hybridized carbons (Fsp3) is 0.407. The highest BCUT2D eigenvalue weighted by molar-refractivity contribution is 5.85. The maximum Gasteiger partial charge on any atom is 0.303 e. The highest BCUT2D eigenvalue weighted by Crippen LogP contribution is 2.47. The number of rotatable bonds is 10. The number of carboxylic acid groups (broad SMARTS) is 1. The third-order valence-electron chi connectivity index (χ3n) is 6.37. The van der Waals surface area contributed by atoms with Gasteiger partial charge >= 0.3 is 5.97 Å². The number of aliphatic carboxylic acids is 1. The smallest absolute Gasteiger partial charge is 0.303 e. The largest absolute Gasteiger partial charge is 0.497 e. The summed E-state index contributed by atoms with van der Waals surface area (Å²) in [5.41, 5.74) is 4.86. The molecule has 3 rings (SSSR count). The Bertz CT molecular complexity index is 1090. The van der Waals surface area contributed by atoms with Crippen molar-refractivity contribution in [3.8, 4) is 17.2 Å². The lowest BCUT2D eigenvalue weighted by Gasteiger charge is -2.28. The Hall–Kier alpha value is -3.48. The highest BCUT2D eigenvalue weighted by Gasteiger charge is 2.37. The summed E-state index contributed by atoms with van der Waals surface area (Å²) >= 11 is 0. The first-order valence-electron chi connectivity index (χ1n) is 11.5. The van der Waals surface area contributed by atoms with Crippen LogP contribution in [0.3, 0.4) is 0 Å². The number of allylic oxidation sites excluding steroid dienone is 1. The molecule has 0 saturated heterocycles. The number of hydrogen-bond acceptors (Lipinski definition) is 5. The van der Waals surface area contributed by atoms with Gasteiger partial charge in [0.2, 0.25) is 5.91 Å². The van der Waals surface area contributed by atoms with Gasteiger partial charge in [-0.15, -0.1) is 0 Å². The minimum atomic E-state index is -0.906. The Kier molecular flexibility index (Phi) is 8.21. The number of ether oxygens (including phenoxy) is 3. The second-order valence-electron chi connectivity index (χ2n) is 8.28. The topological polar surface area (TPSA) is 85.3 Å². The van der Waals surface area contributed by atoms with Gasteiger partial charge in [0.1, 0.15) is 17.2 Å². The summed E-state index contributed by atoms with van der Waals surface area (Å²) in [5, 5.41) is 9.01. The van der Waals surface area contributed by atoms with E-state index < -0.39 is 5.97 Å². The highest BCUT2D eigenvalue weighted by atomic mass is 16.5. The van der Waals surface area contributed by atoms with Gasteiger partial charge in [0.25, 0.3) is 0 Å². The van der Waals surface area contributed by atoms with Crippen molar-refractivity contribution in [2.45, 2.75) is 52.0 Å². The van der Waals surface area contributed by atoms with Gasteiger partial charge in [-0.05, 0) is 67.2 Å². The van der Waals surface area contributed by atoms with Gasteiger partial charge in [-0.25, -0.2) is 0 Å². The number of benzene rings is 2. The second-order valence-corrected chi connectivity index (χ2v) is 8.28. The normalized spacial score (nSPS) is 15.4. The van der Waals surface area contributed by atoms with E-state index >= 15 is 0 Å². The number of methoxy groups -OCH3 is 3. The molecule has 34 heavy (non-hydrogen) atoms. The average molecular weight is 468 g/mol. The minimum absolute atomic E-state index is 0.0436. The van der Waals surface area contributed by atoms with E-state index in [1.807, 2.05) is 31.2 Å². The standard InChI is InChI=1S/C27H33NO6/c1-6-18-10-11-19(14-25(18)34-5)21-16-23(22-15-20(32-3)12-13-24(22)33-4)28(17(21)2)26(29)8-7-9-27(30)31/h10-15,23H,6-9,16H2,1-5H3,(H,30,31). The van der Waals surface area contributed by atoms with Crippen molar-refractivity contribution in [1.82, 2.24) is 4.90 Å². The van der Waals surface area contributed by atoms with Crippen molar-refractivity contribution in [2.24, 2.45) is 0 Å². The maximum atomic E-state index is 13.4. The molecule has 1 aliphatic rings. The Morgan fingerprint density at radius 2 is 1.74 bits per heavy atom. The molecule has 0 aliphatic carbocycles. The van der Waals surface area contributed by atoms with Crippen LogP contribution in [-0.4, -0.2) is 43.2 Å². The zero-order valence-electron chi connectivity index (χ0n) is 20.5. The van der Waals surface area contributed by atoms with Crippen LogP contribution < -0.4 is 14.2 Å². The molecular weight excluding hydrogens is 434 g/mol. The molecule has 1 N–H and O–H groups in total. The molecule has 7 nitrogen and oxygen atoms in total. The molecule has 0 spiro atoms. The summed E-state index contributed by atoms with van der Waals surface area (Å²) in [6, 6.07) is 11.4. The van der Waals surface area contributed by atoms with Gasteiger partial charge in [0.15, 0.2) is 0 Å². The first-order valence-corrected chi connectivity index (χ1v) is 11.5. The number of carbonyl (C=O) groups is 2. The van der Waals surface area contributed by atoms with Crippen molar-refractivity contribution in [3.05, 3.63) is 58.8 Å². The third-order valence-corrected chi connectivity index (χ3v) is 6.37. The molecule has 2 aromatic rings. The van der Waals surface area contributed by atoms with E-state index in [0.29, 0.717) is 17.9 Å². The Labute approximate surface area is 200 Å². The summed E-state index contributed by atoms with van der Waals surface area (Å²) in [6.07, 6.45) is 1.85. The van der Waals surface area contributed by atoms with Crippen LogP contribution in [-0.2, 0) is 16.0 Å². The van der Waals surface area contributed by atoms with Gasteiger partial charge < -0.3 is 24.2 Å². The van der Waals surface area contributed by atoms with Crippen LogP contribution in [0.1, 0.15) is 62.3 Å². The fourth-order valence-corrected chi connectivity index (χ4v) is 4.58. The van der Waals surface area contributed by atoms with E-state index in [1.54, 1.807) is 26.2 Å². The van der Waals surface area contributed by atoms with Crippen LogP contribution in [0, 0.1) is 0 Å². The van der Waals surface area contributed by atoms with Gasteiger partial charge in [0.05, 0.1) is 27.4 Å². The number of aryl methyl sites for hydroxylation is 1. The molecule has 1 amide bonds. The number of amides is 1. The molecule has 0 fully saturated rings. The van der Waals surface area contributed by atoms with E-state index in [0.717, 1.165) is 40.1 Å². The van der Waals surface area contributed by atoms with E-state index in [1.165, 1.54) is 0 Å². The first kappa shape index (κ1) is 25.1. The van der Waals surface area contributed by atoms with Crippen LogP contribution in [0.2, 0.25) is 0 Å². The molecule has 1 aliphatic heterocycles. The fourth-order valence-electron chi connectivity index (χ4n) is 4.58. The van der Waals surface area contributed by atoms with Crippen LogP contribution in [0.25, 0.3) is 5.57 Å². The summed E-state index contributed by atoms with van der Waals surface area (Å²) in [5.74, 6) is 1.15. The van der Waals surface area contributed by atoms with Crippen molar-refractivity contribution in [2.75, 3.05) is 21.3 Å². The molecule has 0 saturated carbocycles. The Morgan fingerprint density at radius 3 is 2.35 bits per heavy atom. The van der Waals surface area contributed by atoms with Crippen molar-refractivity contribution < 1.29 is 28.9 Å². The van der Waals surface area contributed by atoms with E-state index in [4.69, 9.17) is 19.3 Å². The minimum Gasteiger partial charge on any atom is -0.497 e. The third kappa shape index (κ3) is 5.19. The zero-order valence-corrected chi connectivity index (χ0v) is 20.5. The monoisotopic (exact) mass is 467 g/mol. The molecule has 1 atom stereocenters. The molecule has 182 valence electrons. The zero-order chi connectivity index (χ0) is 24.8. The predicted octanol–water partition coefficient (Wildman–Crippen LogP) is 5.23. The van der Waals surface area contributed by atoms with Crippen LogP contribution in [0.4, 0.5) is 0 Å². The van der Waals surface area contributed by atoms with Gasteiger partial charge in [-0.2, -0.15) is 0 Å². The van der Waals surface area contributed by atoms with Crippen molar-refractivity contribution in [3.63, 3.8) is 0 Å². The summed E-state index contributed by atoms with van der Waals surface area (Å²) < 4.78 is 16.7. The van der Waals surface area contributed by atoms with Gasteiger partial charge in [0, 0.05) is 24.1 Å². The van der Waals surface area contributed by atoms with Gasteiger partial charge in [-0.3, -0.25) is 9.59 Å². The molecule has 7 heteroatoms. The Morgan fingerprint density at radius 1 is 1.00 bits per heavy atom. The lowest BCUT2D eigenvalue weighted by molar-refractivity contribution is -0.137. The van der Waals surface area contributed by atoms with Gasteiger partial charge in [-0.1, -0.05) is 19.1 Å². The molecular formula is C27H33NO6. The molecule has 0 radical (unpaired) electrons. The molecule has 1 unspecified atom stereocenters. The van der Waals surface area contributed by atoms with E-state index in [2.05, 4.69) is 19.1 Å². The van der Waals surface area contributed by atoms with Crippen LogP contribution in [0.15, 0.2) is 42.1 Å². The SMILES string of the molecule is CCc1ccc(C2=C(C)N(C(=O)CCCC(=O)O)C(c3cc(OC)ccc3OC)C2)cc1OC. The number of nitrogens with zero attached hydrogens (tertiary/aromatic N) is 1. The summed E-state index contributed by atoms with van der Waals surface area (Å²) in [4.78, 5) is 26.1. The van der Waals surface area contributed by atoms with Crippen LogP contribution >= 0.6 is 0 Å². The number of hydrogen-bond donors (Lipinski definition) is 1. The maximum absolute atomic E-state index is 13.4. The summed E-state index contributed by atoms with van der Waals surface area (Å²) in [7, 11) is 4.87.